The molecule has 6 heteroatoms. The highest BCUT2D eigenvalue weighted by Crippen LogP contribution is 2.41. The number of carbonyl (C=O) groups is 1. The zero-order valence-electron chi connectivity index (χ0n) is 12.5. The Bertz CT molecular complexity index is 704. The predicted molar refractivity (Wildman–Crippen MR) is 84.5 cm³/mol. The van der Waals surface area contributed by atoms with Crippen molar-refractivity contribution in [2.45, 2.75) is 18.9 Å². The number of hydrogen-bond donors (Lipinski definition) is 0. The number of para-hydroxylation sites is 1. The Kier molecular flexibility index (Phi) is 3.73. The first-order chi connectivity index (χ1) is 11.2. The molecule has 2 fully saturated rings. The fourth-order valence-electron chi connectivity index (χ4n) is 3.71. The number of ether oxygens (including phenoxy) is 1. The van der Waals surface area contributed by atoms with E-state index >= 15 is 0 Å². The van der Waals surface area contributed by atoms with E-state index in [9.17, 15) is 4.79 Å². The average Bonchev–Trinajstić information content (AvgIpc) is 3.26. The molecule has 120 valence electrons. The quantitative estimate of drug-likeness (QED) is 0.865. The summed E-state index contributed by atoms with van der Waals surface area (Å²) in [5.41, 5.74) is 0. The van der Waals surface area contributed by atoms with Crippen LogP contribution in [0.15, 0.2) is 41.3 Å². The molecule has 4 rings (SSSR count). The van der Waals surface area contributed by atoms with E-state index in [1.807, 2.05) is 29.2 Å². The molecule has 2 aromatic rings. The summed E-state index contributed by atoms with van der Waals surface area (Å²) in [6.45, 7) is 1.45. The van der Waals surface area contributed by atoms with Crippen LogP contribution in [0.1, 0.15) is 23.4 Å². The molecule has 1 aliphatic carbocycles. The van der Waals surface area contributed by atoms with Crippen molar-refractivity contribution in [3.8, 4) is 5.75 Å². The molecule has 5 nitrogen and oxygen atoms in total. The maximum Gasteiger partial charge on any atom is 0.291 e. The van der Waals surface area contributed by atoms with Gasteiger partial charge in [0.2, 0.25) is 5.76 Å². The van der Waals surface area contributed by atoms with Crippen molar-refractivity contribution in [1.29, 1.82) is 0 Å². The van der Waals surface area contributed by atoms with Gasteiger partial charge in [-0.2, -0.15) is 0 Å². The smallest absolute Gasteiger partial charge is 0.291 e. The van der Waals surface area contributed by atoms with Crippen LogP contribution in [0.2, 0.25) is 5.02 Å². The van der Waals surface area contributed by atoms with Crippen LogP contribution < -0.4 is 4.74 Å². The van der Waals surface area contributed by atoms with Crippen LogP contribution in [0.3, 0.4) is 0 Å². The van der Waals surface area contributed by atoms with Gasteiger partial charge in [-0.15, -0.1) is 0 Å². The van der Waals surface area contributed by atoms with Crippen LogP contribution in [0, 0.1) is 11.8 Å². The summed E-state index contributed by atoms with van der Waals surface area (Å²) in [5, 5.41) is 0.628. The number of halogens is 1. The molecule has 0 unspecified atom stereocenters. The van der Waals surface area contributed by atoms with Crippen molar-refractivity contribution in [2.24, 2.45) is 11.8 Å². The lowest BCUT2D eigenvalue weighted by Gasteiger charge is -2.22. The lowest BCUT2D eigenvalue weighted by atomic mass is 9.99. The predicted octanol–water partition coefficient (Wildman–Crippen LogP) is 3.26. The average molecular weight is 333 g/mol. The number of carbonyl (C=O) groups excluding carboxylic acids is 1. The van der Waals surface area contributed by atoms with Crippen LogP contribution >= 0.6 is 11.6 Å². The maximum atomic E-state index is 12.4. The Hall–Kier alpha value is -2.01. The largest absolute Gasteiger partial charge is 0.489 e. The van der Waals surface area contributed by atoms with Crippen LogP contribution in [0.4, 0.5) is 0 Å². The summed E-state index contributed by atoms with van der Waals surface area (Å²) in [7, 11) is 0. The lowest BCUT2D eigenvalue weighted by Crippen LogP contribution is -2.32. The highest BCUT2D eigenvalue weighted by Gasteiger charge is 2.45. The molecule has 0 N–H and O–H groups in total. The topological polar surface area (TPSA) is 55.6 Å². The summed E-state index contributed by atoms with van der Waals surface area (Å²) in [5.74, 6) is 1.76. The molecule has 1 saturated carbocycles. The van der Waals surface area contributed by atoms with Crippen LogP contribution in [0.5, 0.6) is 5.75 Å². The van der Waals surface area contributed by atoms with E-state index in [4.69, 9.17) is 20.8 Å². The minimum atomic E-state index is -0.0895. The normalized spacial score (nSPS) is 26.3. The molecule has 0 spiro atoms. The van der Waals surface area contributed by atoms with Gasteiger partial charge in [0.25, 0.3) is 5.91 Å². The molecule has 3 atom stereocenters. The number of fused-ring (bicyclic) bond motifs is 1. The molecule has 23 heavy (non-hydrogen) atoms. The van der Waals surface area contributed by atoms with E-state index in [1.54, 1.807) is 0 Å². The monoisotopic (exact) mass is 332 g/mol. The minimum Gasteiger partial charge on any atom is -0.489 e. The van der Waals surface area contributed by atoms with Gasteiger partial charge in [-0.05, 0) is 30.9 Å². The number of benzene rings is 1. The van der Waals surface area contributed by atoms with Crippen LogP contribution in [0.25, 0.3) is 0 Å². The molecular weight excluding hydrogens is 316 g/mol. The number of rotatable bonds is 3. The summed E-state index contributed by atoms with van der Waals surface area (Å²) >= 11 is 6.18. The third kappa shape index (κ3) is 2.70. The van der Waals surface area contributed by atoms with Gasteiger partial charge in [-0.25, -0.2) is 4.98 Å². The SMILES string of the molecule is O=C(c1cnco1)N1C[C@@H]2CC[C@H](Oc3ccccc3Cl)[C@@H]2C1. The molecule has 2 heterocycles. The minimum absolute atomic E-state index is 0.0895. The zero-order valence-corrected chi connectivity index (χ0v) is 13.3. The zero-order chi connectivity index (χ0) is 15.8. The molecule has 1 amide bonds. The molecule has 1 aromatic heterocycles. The first-order valence-corrected chi connectivity index (χ1v) is 8.19. The fourth-order valence-corrected chi connectivity index (χ4v) is 3.89. The molecule has 1 aromatic carbocycles. The van der Waals surface area contributed by atoms with Gasteiger partial charge >= 0.3 is 0 Å². The van der Waals surface area contributed by atoms with E-state index in [2.05, 4.69) is 4.98 Å². The number of likely N-dealkylation sites (tertiary alicyclic amines) is 1. The highest BCUT2D eigenvalue weighted by molar-refractivity contribution is 6.32. The van der Waals surface area contributed by atoms with Crippen LogP contribution in [-0.2, 0) is 0 Å². The van der Waals surface area contributed by atoms with Gasteiger partial charge in [0, 0.05) is 19.0 Å². The summed E-state index contributed by atoms with van der Waals surface area (Å²) < 4.78 is 11.3. The molecule has 0 radical (unpaired) electrons. The standard InChI is InChI=1S/C17H17ClN2O3/c18-13-3-1-2-4-15(13)23-14-6-5-11-8-20(9-12(11)14)17(21)16-7-19-10-22-16/h1-4,7,10-12,14H,5-6,8-9H2/t11-,12+,14-/m0/s1. The van der Waals surface area contributed by atoms with Crippen molar-refractivity contribution >= 4 is 17.5 Å². The van der Waals surface area contributed by atoms with Crippen molar-refractivity contribution < 1.29 is 13.9 Å². The van der Waals surface area contributed by atoms with Crippen molar-refractivity contribution in [3.63, 3.8) is 0 Å². The Balaban J connectivity index is 1.45. The molecule has 1 aliphatic heterocycles. The van der Waals surface area contributed by atoms with E-state index in [1.165, 1.54) is 12.6 Å². The maximum absolute atomic E-state index is 12.4. The molecule has 2 aliphatic rings. The van der Waals surface area contributed by atoms with Crippen molar-refractivity contribution in [2.75, 3.05) is 13.1 Å². The number of nitrogens with zero attached hydrogens (tertiary/aromatic N) is 2. The third-order valence-corrected chi connectivity index (χ3v) is 5.15. The van der Waals surface area contributed by atoms with Crippen molar-refractivity contribution in [3.05, 3.63) is 47.6 Å². The second-order valence-corrected chi connectivity index (χ2v) is 6.57. The molecular formula is C17H17ClN2O3. The van der Waals surface area contributed by atoms with Gasteiger partial charge in [0.05, 0.1) is 11.2 Å². The van der Waals surface area contributed by atoms with E-state index in [0.717, 1.165) is 25.1 Å². The third-order valence-electron chi connectivity index (χ3n) is 4.84. The number of oxazole rings is 1. The van der Waals surface area contributed by atoms with Crippen molar-refractivity contribution in [1.82, 2.24) is 9.88 Å². The fraction of sp³-hybridized carbons (Fsp3) is 0.412. The number of hydrogen-bond acceptors (Lipinski definition) is 4. The Morgan fingerprint density at radius 3 is 2.96 bits per heavy atom. The van der Waals surface area contributed by atoms with Gasteiger partial charge in [-0.3, -0.25) is 4.79 Å². The van der Waals surface area contributed by atoms with Crippen LogP contribution in [-0.4, -0.2) is 35.0 Å². The number of amides is 1. The lowest BCUT2D eigenvalue weighted by molar-refractivity contribution is 0.0731. The summed E-state index contributed by atoms with van der Waals surface area (Å²) in [6.07, 6.45) is 4.93. The van der Waals surface area contributed by atoms with Gasteiger partial charge in [0.15, 0.2) is 6.39 Å². The van der Waals surface area contributed by atoms with E-state index < -0.39 is 0 Å². The molecule has 0 bridgehead atoms. The first-order valence-electron chi connectivity index (χ1n) is 7.81. The Labute approximate surface area is 139 Å². The Morgan fingerprint density at radius 2 is 2.17 bits per heavy atom. The number of aromatic nitrogens is 1. The van der Waals surface area contributed by atoms with E-state index in [0.29, 0.717) is 29.2 Å². The molecule has 1 saturated heterocycles. The summed E-state index contributed by atoms with van der Waals surface area (Å²) in [4.78, 5) is 18.0. The second kappa shape index (κ2) is 5.89. The first kappa shape index (κ1) is 14.6. The van der Waals surface area contributed by atoms with E-state index in [-0.39, 0.29) is 12.0 Å². The second-order valence-electron chi connectivity index (χ2n) is 6.16. The van der Waals surface area contributed by atoms with Gasteiger partial charge in [0.1, 0.15) is 11.9 Å². The van der Waals surface area contributed by atoms with Gasteiger partial charge < -0.3 is 14.1 Å². The highest BCUT2D eigenvalue weighted by atomic mass is 35.5. The van der Waals surface area contributed by atoms with Gasteiger partial charge in [-0.1, -0.05) is 23.7 Å². The Morgan fingerprint density at radius 1 is 1.30 bits per heavy atom. The summed E-state index contributed by atoms with van der Waals surface area (Å²) in [6, 6.07) is 7.53.